The SMILES string of the molecule is CCNCCc1csc(Nc2ccc(C)cc2Br)n1. The van der Waals surface area contributed by atoms with Crippen LogP contribution in [0.1, 0.15) is 18.2 Å². The molecule has 0 radical (unpaired) electrons. The molecule has 0 amide bonds. The number of nitrogens with zero attached hydrogens (tertiary/aromatic N) is 1. The maximum absolute atomic E-state index is 4.59. The van der Waals surface area contributed by atoms with Gasteiger partial charge in [0.05, 0.1) is 11.4 Å². The highest BCUT2D eigenvalue weighted by atomic mass is 79.9. The van der Waals surface area contributed by atoms with E-state index in [9.17, 15) is 0 Å². The molecular weight excluding hydrogens is 322 g/mol. The van der Waals surface area contributed by atoms with Gasteiger partial charge in [0.2, 0.25) is 0 Å². The molecule has 0 fully saturated rings. The van der Waals surface area contributed by atoms with Crippen molar-refractivity contribution in [2.24, 2.45) is 0 Å². The number of benzene rings is 1. The van der Waals surface area contributed by atoms with E-state index in [1.807, 2.05) is 0 Å². The minimum Gasteiger partial charge on any atom is -0.331 e. The molecule has 0 spiro atoms. The summed E-state index contributed by atoms with van der Waals surface area (Å²) in [5.41, 5.74) is 3.43. The van der Waals surface area contributed by atoms with E-state index < -0.39 is 0 Å². The van der Waals surface area contributed by atoms with Crippen molar-refractivity contribution in [1.29, 1.82) is 0 Å². The number of aromatic nitrogens is 1. The van der Waals surface area contributed by atoms with Gasteiger partial charge in [-0.2, -0.15) is 0 Å². The van der Waals surface area contributed by atoms with E-state index in [0.717, 1.165) is 40.5 Å². The lowest BCUT2D eigenvalue weighted by atomic mass is 10.2. The second-order valence-electron chi connectivity index (χ2n) is 4.36. The standard InChI is InChI=1S/C14H18BrN3S/c1-3-16-7-6-11-9-19-14(17-11)18-13-5-4-10(2)8-12(13)15/h4-5,8-9,16H,3,6-7H2,1-2H3,(H,17,18). The van der Waals surface area contributed by atoms with Crippen molar-refractivity contribution in [3.8, 4) is 0 Å². The van der Waals surface area contributed by atoms with Gasteiger partial charge in [0.1, 0.15) is 0 Å². The van der Waals surface area contributed by atoms with Crippen LogP contribution in [0.15, 0.2) is 28.1 Å². The van der Waals surface area contributed by atoms with Gasteiger partial charge < -0.3 is 10.6 Å². The highest BCUT2D eigenvalue weighted by Gasteiger charge is 2.05. The summed E-state index contributed by atoms with van der Waals surface area (Å²) in [4.78, 5) is 4.59. The number of thiazole rings is 1. The lowest BCUT2D eigenvalue weighted by Gasteiger charge is -2.06. The summed E-state index contributed by atoms with van der Waals surface area (Å²) in [5.74, 6) is 0. The second kappa shape index (κ2) is 7.03. The maximum atomic E-state index is 4.59. The molecule has 0 aliphatic carbocycles. The molecule has 0 bridgehead atoms. The summed E-state index contributed by atoms with van der Waals surface area (Å²) < 4.78 is 1.07. The zero-order chi connectivity index (χ0) is 13.7. The van der Waals surface area contributed by atoms with E-state index in [-0.39, 0.29) is 0 Å². The lowest BCUT2D eigenvalue weighted by Crippen LogP contribution is -2.16. The molecule has 3 nitrogen and oxygen atoms in total. The first-order valence-electron chi connectivity index (χ1n) is 6.37. The lowest BCUT2D eigenvalue weighted by molar-refractivity contribution is 0.710. The van der Waals surface area contributed by atoms with Crippen LogP contribution in [0.5, 0.6) is 0 Å². The fourth-order valence-electron chi connectivity index (χ4n) is 1.71. The molecule has 2 aromatic rings. The Bertz CT molecular complexity index is 539. The Kier molecular flexibility index (Phi) is 5.36. The van der Waals surface area contributed by atoms with Crippen molar-refractivity contribution in [2.45, 2.75) is 20.3 Å². The molecule has 1 heterocycles. The number of hydrogen-bond donors (Lipinski definition) is 2. The fourth-order valence-corrected chi connectivity index (χ4v) is 3.06. The summed E-state index contributed by atoms with van der Waals surface area (Å²) >= 11 is 5.21. The van der Waals surface area contributed by atoms with Crippen molar-refractivity contribution in [3.63, 3.8) is 0 Å². The normalized spacial score (nSPS) is 10.7. The molecule has 1 aromatic carbocycles. The van der Waals surface area contributed by atoms with Crippen LogP contribution in [-0.4, -0.2) is 18.1 Å². The highest BCUT2D eigenvalue weighted by Crippen LogP contribution is 2.28. The molecular formula is C14H18BrN3S. The van der Waals surface area contributed by atoms with Gasteiger partial charge >= 0.3 is 0 Å². The van der Waals surface area contributed by atoms with Gasteiger partial charge in [-0.1, -0.05) is 13.0 Å². The maximum Gasteiger partial charge on any atom is 0.187 e. The average Bonchev–Trinajstić information content (AvgIpc) is 2.81. The van der Waals surface area contributed by atoms with Crippen LogP contribution in [0.4, 0.5) is 10.8 Å². The summed E-state index contributed by atoms with van der Waals surface area (Å²) in [5, 5.41) is 9.71. The number of anilines is 2. The number of rotatable bonds is 6. The zero-order valence-electron chi connectivity index (χ0n) is 11.2. The molecule has 5 heteroatoms. The minimum absolute atomic E-state index is 0.941. The van der Waals surface area contributed by atoms with Crippen LogP contribution in [0.3, 0.4) is 0 Å². The van der Waals surface area contributed by atoms with Gasteiger partial charge in [-0.15, -0.1) is 11.3 Å². The summed E-state index contributed by atoms with van der Waals surface area (Å²) in [7, 11) is 0. The number of aryl methyl sites for hydroxylation is 1. The van der Waals surface area contributed by atoms with E-state index in [2.05, 4.69) is 69.0 Å². The third kappa shape index (κ3) is 4.30. The Morgan fingerprint density at radius 3 is 2.95 bits per heavy atom. The van der Waals surface area contributed by atoms with Crippen molar-refractivity contribution in [2.75, 3.05) is 18.4 Å². The molecule has 102 valence electrons. The molecule has 0 atom stereocenters. The van der Waals surface area contributed by atoms with Gasteiger partial charge in [0.25, 0.3) is 0 Å². The predicted molar refractivity (Wildman–Crippen MR) is 86.5 cm³/mol. The predicted octanol–water partition coefficient (Wildman–Crippen LogP) is 4.11. The van der Waals surface area contributed by atoms with Crippen LogP contribution in [0, 0.1) is 6.92 Å². The zero-order valence-corrected chi connectivity index (χ0v) is 13.6. The van der Waals surface area contributed by atoms with Gasteiger partial charge in [-0.05, 0) is 47.1 Å². The van der Waals surface area contributed by atoms with E-state index in [1.54, 1.807) is 11.3 Å². The topological polar surface area (TPSA) is 37.0 Å². The van der Waals surface area contributed by atoms with Gasteiger partial charge in [-0.3, -0.25) is 0 Å². The molecule has 2 rings (SSSR count). The minimum atomic E-state index is 0.941. The Hall–Kier alpha value is -0.910. The molecule has 0 aliphatic rings. The number of hydrogen-bond acceptors (Lipinski definition) is 4. The third-order valence-corrected chi connectivity index (χ3v) is 4.19. The molecule has 0 saturated carbocycles. The first-order chi connectivity index (χ1) is 9.19. The Morgan fingerprint density at radius 2 is 2.21 bits per heavy atom. The fraction of sp³-hybridized carbons (Fsp3) is 0.357. The number of nitrogens with one attached hydrogen (secondary N) is 2. The van der Waals surface area contributed by atoms with Gasteiger partial charge in [-0.25, -0.2) is 4.98 Å². The highest BCUT2D eigenvalue weighted by molar-refractivity contribution is 9.10. The molecule has 0 unspecified atom stereocenters. The Labute approximate surface area is 126 Å². The number of halogens is 1. The molecule has 1 aromatic heterocycles. The third-order valence-electron chi connectivity index (χ3n) is 2.73. The van der Waals surface area contributed by atoms with Crippen LogP contribution < -0.4 is 10.6 Å². The number of likely N-dealkylation sites (N-methyl/N-ethyl adjacent to an activating group) is 1. The van der Waals surface area contributed by atoms with Crippen LogP contribution in [0.25, 0.3) is 0 Å². The smallest absolute Gasteiger partial charge is 0.187 e. The van der Waals surface area contributed by atoms with E-state index in [0.29, 0.717) is 0 Å². The molecule has 19 heavy (non-hydrogen) atoms. The monoisotopic (exact) mass is 339 g/mol. The van der Waals surface area contributed by atoms with Crippen LogP contribution in [0.2, 0.25) is 0 Å². The molecule has 2 N–H and O–H groups in total. The van der Waals surface area contributed by atoms with E-state index >= 15 is 0 Å². The second-order valence-corrected chi connectivity index (χ2v) is 6.07. The van der Waals surface area contributed by atoms with Crippen LogP contribution >= 0.6 is 27.3 Å². The first kappa shape index (κ1) is 14.5. The van der Waals surface area contributed by atoms with E-state index in [4.69, 9.17) is 0 Å². The van der Waals surface area contributed by atoms with Gasteiger partial charge in [0.15, 0.2) is 5.13 Å². The molecule has 0 aliphatic heterocycles. The Morgan fingerprint density at radius 1 is 1.37 bits per heavy atom. The first-order valence-corrected chi connectivity index (χ1v) is 8.04. The largest absolute Gasteiger partial charge is 0.331 e. The van der Waals surface area contributed by atoms with Crippen LogP contribution in [-0.2, 0) is 6.42 Å². The van der Waals surface area contributed by atoms with Crippen molar-refractivity contribution >= 4 is 38.1 Å². The summed E-state index contributed by atoms with van der Waals surface area (Å²) in [6, 6.07) is 6.26. The van der Waals surface area contributed by atoms with E-state index in [1.165, 1.54) is 5.56 Å². The van der Waals surface area contributed by atoms with Crippen molar-refractivity contribution in [3.05, 3.63) is 39.3 Å². The Balaban J connectivity index is 1.99. The van der Waals surface area contributed by atoms with Crippen molar-refractivity contribution < 1.29 is 0 Å². The summed E-state index contributed by atoms with van der Waals surface area (Å²) in [6.45, 7) is 6.18. The quantitative estimate of drug-likeness (QED) is 0.777. The van der Waals surface area contributed by atoms with Crippen molar-refractivity contribution in [1.82, 2.24) is 10.3 Å². The van der Waals surface area contributed by atoms with Gasteiger partial charge in [0, 0.05) is 22.8 Å². The summed E-state index contributed by atoms with van der Waals surface area (Å²) in [6.07, 6.45) is 0.973. The average molecular weight is 340 g/mol. The molecule has 0 saturated heterocycles.